The van der Waals surface area contributed by atoms with Crippen molar-refractivity contribution < 1.29 is 28.6 Å². The molecule has 6 heteroatoms. The van der Waals surface area contributed by atoms with E-state index in [0.29, 0.717) is 19.3 Å². The maximum absolute atomic E-state index is 12.8. The summed E-state index contributed by atoms with van der Waals surface area (Å²) in [7, 11) is 0. The molecule has 0 aliphatic carbocycles. The number of carbonyl (C=O) groups excluding carboxylic acids is 3. The van der Waals surface area contributed by atoms with Crippen LogP contribution in [0, 0.1) is 0 Å². The SMILES string of the molecule is CC/C=C\C/C=C\C/C=C\C/C=C\C/C=C\C/C=C\C/C=C\C/C=C\C/C=C\CCCCCCCC(=O)OCC(COC(=O)CCCCCCC/C=C\CCCCCC)OC(=O)CCCCCCC/C=C\CCCCCC. The van der Waals surface area contributed by atoms with Crippen molar-refractivity contribution in [3.05, 3.63) is 134 Å². The standard InChI is InChI=1S/C71H116O6/c1-4-7-10-13-16-19-22-25-26-27-28-29-30-31-32-33-34-35-36-37-38-39-40-41-42-43-44-47-49-52-55-58-61-64-70(73)76-67-68(77-71(74)65-62-59-56-53-50-46-24-21-18-15-12-9-6-3)66-75-69(72)63-60-57-54-51-48-45-23-20-17-14-11-8-5-2/h7,10,16,19-21,23-26,28-29,31-32,34-35,37-38,40-41,43-44,68H,4-6,8-9,11-15,17-18,22,27,30,33,36,39,42,45-67H2,1-3H3/b10-7-,19-16-,23-20-,24-21-,26-25-,29-28-,32-31-,35-34-,38-37-,41-40-,44-43-. The Morgan fingerprint density at radius 1 is 0.273 bits per heavy atom. The molecular weight excluding hydrogens is 949 g/mol. The molecule has 1 atom stereocenters. The maximum Gasteiger partial charge on any atom is 0.306 e. The smallest absolute Gasteiger partial charge is 0.306 e. The van der Waals surface area contributed by atoms with Crippen LogP contribution in [0.5, 0.6) is 0 Å². The Hall–Kier alpha value is -4.45. The molecule has 0 aromatic carbocycles. The summed E-state index contributed by atoms with van der Waals surface area (Å²) in [6, 6.07) is 0. The lowest BCUT2D eigenvalue weighted by atomic mass is 10.1. The van der Waals surface area contributed by atoms with Crippen molar-refractivity contribution in [3.63, 3.8) is 0 Å². The molecular formula is C71H116O6. The van der Waals surface area contributed by atoms with Crippen LogP contribution < -0.4 is 0 Å². The van der Waals surface area contributed by atoms with Gasteiger partial charge in [-0.05, 0) is 141 Å². The normalized spacial score (nSPS) is 13.0. The zero-order chi connectivity index (χ0) is 55.7. The molecule has 6 nitrogen and oxygen atoms in total. The predicted octanol–water partition coefficient (Wildman–Crippen LogP) is 21.8. The number of rotatable bonds is 56. The molecule has 0 heterocycles. The van der Waals surface area contributed by atoms with Crippen molar-refractivity contribution >= 4 is 17.9 Å². The monoisotopic (exact) mass is 1060 g/mol. The van der Waals surface area contributed by atoms with Crippen LogP contribution >= 0.6 is 0 Å². The number of ether oxygens (including phenoxy) is 3. The van der Waals surface area contributed by atoms with E-state index in [-0.39, 0.29) is 31.1 Å². The van der Waals surface area contributed by atoms with Gasteiger partial charge in [0.2, 0.25) is 0 Å². The van der Waals surface area contributed by atoms with Crippen LogP contribution in [0.4, 0.5) is 0 Å². The zero-order valence-electron chi connectivity index (χ0n) is 49.9. The molecule has 0 saturated carbocycles. The van der Waals surface area contributed by atoms with Crippen molar-refractivity contribution in [2.24, 2.45) is 0 Å². The topological polar surface area (TPSA) is 78.9 Å². The van der Waals surface area contributed by atoms with E-state index in [0.717, 1.165) is 154 Å². The highest BCUT2D eigenvalue weighted by molar-refractivity contribution is 5.71. The van der Waals surface area contributed by atoms with E-state index in [9.17, 15) is 14.4 Å². The van der Waals surface area contributed by atoms with Crippen LogP contribution in [0.15, 0.2) is 134 Å². The second kappa shape index (κ2) is 64.1. The lowest BCUT2D eigenvalue weighted by Gasteiger charge is -2.18. The number of esters is 3. The Balaban J connectivity index is 4.30. The Bertz CT molecular complexity index is 1650. The lowest BCUT2D eigenvalue weighted by molar-refractivity contribution is -0.167. The highest BCUT2D eigenvalue weighted by Crippen LogP contribution is 2.14. The first-order valence-electron chi connectivity index (χ1n) is 31.7. The van der Waals surface area contributed by atoms with Crippen molar-refractivity contribution in [2.75, 3.05) is 13.2 Å². The minimum absolute atomic E-state index is 0.0941. The van der Waals surface area contributed by atoms with Gasteiger partial charge in [0, 0.05) is 19.3 Å². The number of hydrogen-bond donors (Lipinski definition) is 0. The molecule has 1 unspecified atom stereocenters. The fraction of sp³-hybridized carbons (Fsp3) is 0.648. The Kier molecular flexibility index (Phi) is 60.4. The molecule has 0 spiro atoms. The average molecular weight is 1070 g/mol. The van der Waals surface area contributed by atoms with Gasteiger partial charge in [0.05, 0.1) is 0 Å². The molecule has 0 N–H and O–H groups in total. The zero-order valence-corrected chi connectivity index (χ0v) is 49.9. The summed E-state index contributed by atoms with van der Waals surface area (Å²) in [5.41, 5.74) is 0. The highest BCUT2D eigenvalue weighted by atomic mass is 16.6. The van der Waals surface area contributed by atoms with E-state index in [2.05, 4.69) is 154 Å². The fourth-order valence-corrected chi connectivity index (χ4v) is 8.36. The third kappa shape index (κ3) is 62.3. The predicted molar refractivity (Wildman–Crippen MR) is 334 cm³/mol. The first-order valence-corrected chi connectivity index (χ1v) is 31.7. The van der Waals surface area contributed by atoms with Gasteiger partial charge in [0.15, 0.2) is 6.10 Å². The highest BCUT2D eigenvalue weighted by Gasteiger charge is 2.19. The summed E-state index contributed by atoms with van der Waals surface area (Å²) in [5, 5.41) is 0. The van der Waals surface area contributed by atoms with Crippen LogP contribution in [0.3, 0.4) is 0 Å². The molecule has 0 aliphatic rings. The molecule has 0 aromatic heterocycles. The molecule has 0 radical (unpaired) electrons. The van der Waals surface area contributed by atoms with Gasteiger partial charge in [0.25, 0.3) is 0 Å². The van der Waals surface area contributed by atoms with Crippen LogP contribution in [0.2, 0.25) is 0 Å². The van der Waals surface area contributed by atoms with Crippen LogP contribution in [0.25, 0.3) is 0 Å². The summed E-state index contributed by atoms with van der Waals surface area (Å²) in [6.45, 7) is 6.46. The molecule has 0 aromatic rings. The summed E-state index contributed by atoms with van der Waals surface area (Å²) in [5.74, 6) is -0.931. The van der Waals surface area contributed by atoms with Crippen LogP contribution in [-0.4, -0.2) is 37.2 Å². The number of carbonyl (C=O) groups is 3. The molecule has 0 rings (SSSR count). The van der Waals surface area contributed by atoms with E-state index >= 15 is 0 Å². The maximum atomic E-state index is 12.8. The largest absolute Gasteiger partial charge is 0.462 e. The van der Waals surface area contributed by atoms with Gasteiger partial charge >= 0.3 is 17.9 Å². The third-order valence-electron chi connectivity index (χ3n) is 13.1. The molecule has 0 amide bonds. The van der Waals surface area contributed by atoms with E-state index < -0.39 is 6.10 Å². The minimum atomic E-state index is -0.797. The van der Waals surface area contributed by atoms with Crippen molar-refractivity contribution in [1.82, 2.24) is 0 Å². The van der Waals surface area contributed by atoms with E-state index in [1.54, 1.807) is 0 Å². The minimum Gasteiger partial charge on any atom is -0.462 e. The quantitative estimate of drug-likeness (QED) is 0.0261. The van der Waals surface area contributed by atoms with E-state index in [1.165, 1.54) is 83.5 Å². The fourth-order valence-electron chi connectivity index (χ4n) is 8.36. The van der Waals surface area contributed by atoms with Crippen molar-refractivity contribution in [3.8, 4) is 0 Å². The van der Waals surface area contributed by atoms with Crippen LogP contribution in [0.1, 0.15) is 278 Å². The van der Waals surface area contributed by atoms with Gasteiger partial charge in [-0.2, -0.15) is 0 Å². The van der Waals surface area contributed by atoms with Crippen molar-refractivity contribution in [2.45, 2.75) is 284 Å². The second-order valence-electron chi connectivity index (χ2n) is 20.6. The van der Waals surface area contributed by atoms with Crippen LogP contribution in [-0.2, 0) is 28.6 Å². The number of unbranched alkanes of at least 4 members (excludes halogenated alkanes) is 23. The second-order valence-corrected chi connectivity index (χ2v) is 20.6. The lowest BCUT2D eigenvalue weighted by Crippen LogP contribution is -2.30. The first kappa shape index (κ1) is 72.5. The molecule has 0 saturated heterocycles. The van der Waals surface area contributed by atoms with Crippen molar-refractivity contribution in [1.29, 1.82) is 0 Å². The Morgan fingerprint density at radius 3 is 0.805 bits per heavy atom. The summed E-state index contributed by atoms with van der Waals surface area (Å²) in [6.07, 6.45) is 90.3. The van der Waals surface area contributed by atoms with E-state index in [1.807, 2.05) is 0 Å². The van der Waals surface area contributed by atoms with E-state index in [4.69, 9.17) is 14.2 Å². The Morgan fingerprint density at radius 2 is 0.506 bits per heavy atom. The Labute approximate surface area is 475 Å². The summed E-state index contributed by atoms with van der Waals surface area (Å²) >= 11 is 0. The van der Waals surface area contributed by atoms with Gasteiger partial charge in [-0.15, -0.1) is 0 Å². The molecule has 436 valence electrons. The number of hydrogen-bond acceptors (Lipinski definition) is 6. The van der Waals surface area contributed by atoms with Gasteiger partial charge in [0.1, 0.15) is 13.2 Å². The summed E-state index contributed by atoms with van der Waals surface area (Å²) < 4.78 is 16.8. The van der Waals surface area contributed by atoms with Gasteiger partial charge < -0.3 is 14.2 Å². The molecule has 0 bridgehead atoms. The first-order chi connectivity index (χ1) is 38.0. The third-order valence-corrected chi connectivity index (χ3v) is 13.1. The molecule has 0 fully saturated rings. The molecule has 77 heavy (non-hydrogen) atoms. The van der Waals surface area contributed by atoms with Gasteiger partial charge in [-0.1, -0.05) is 251 Å². The van der Waals surface area contributed by atoms with Gasteiger partial charge in [-0.3, -0.25) is 14.4 Å². The number of allylic oxidation sites excluding steroid dienone is 22. The summed E-state index contributed by atoms with van der Waals surface area (Å²) in [4.78, 5) is 38.2. The average Bonchev–Trinajstić information content (AvgIpc) is 3.43. The molecule has 0 aliphatic heterocycles. The van der Waals surface area contributed by atoms with Gasteiger partial charge in [-0.25, -0.2) is 0 Å².